The third-order valence-electron chi connectivity index (χ3n) is 7.82. The van der Waals surface area contributed by atoms with Gasteiger partial charge in [-0.25, -0.2) is 0 Å². The zero-order valence-corrected chi connectivity index (χ0v) is 22.9. The third-order valence-corrected chi connectivity index (χ3v) is 7.82. The minimum atomic E-state index is -0.919. The molecule has 5 rings (SSSR count). The molecule has 41 heavy (non-hydrogen) atoms. The van der Waals surface area contributed by atoms with E-state index >= 15 is 0 Å². The van der Waals surface area contributed by atoms with E-state index in [0.717, 1.165) is 5.69 Å². The van der Waals surface area contributed by atoms with Crippen molar-refractivity contribution in [1.29, 1.82) is 0 Å². The fraction of sp³-hybridized carbons (Fsp3) is 0.300. The number of carbonyl (C=O) groups is 3. The highest BCUT2D eigenvalue weighted by molar-refractivity contribution is 6.00. The standard InChI is InChI=1S/C30H31N5O6/c1-21-8-9-22(18-26(21)35(39)40)28(37)32-16-14-30(15-17-32)29(38)33(20-34(30)24-6-4-3-5-7-24)19-27(36)31-23-10-12-25(41-2)13-11-23/h3-13,18H,14-17,19-20H2,1-2H3,(H,31,36). The van der Waals surface area contributed by atoms with Crippen LogP contribution in [0.1, 0.15) is 28.8 Å². The van der Waals surface area contributed by atoms with Gasteiger partial charge in [0.15, 0.2) is 0 Å². The molecule has 1 spiro atoms. The summed E-state index contributed by atoms with van der Waals surface area (Å²) < 4.78 is 5.16. The first-order valence-corrected chi connectivity index (χ1v) is 13.3. The maximum absolute atomic E-state index is 14.0. The molecule has 3 amide bonds. The number of methoxy groups -OCH3 is 1. The van der Waals surface area contributed by atoms with Crippen molar-refractivity contribution in [1.82, 2.24) is 9.80 Å². The number of nitrogens with zero attached hydrogens (tertiary/aromatic N) is 4. The van der Waals surface area contributed by atoms with Crippen molar-refractivity contribution in [3.8, 4) is 5.75 Å². The Bertz CT molecular complexity index is 1470. The molecule has 3 aromatic rings. The normalized spacial score (nSPS) is 16.1. The summed E-state index contributed by atoms with van der Waals surface area (Å²) in [5.41, 5.74) is 1.16. The Morgan fingerprint density at radius 3 is 2.34 bits per heavy atom. The number of aryl methyl sites for hydroxylation is 1. The predicted molar refractivity (Wildman–Crippen MR) is 153 cm³/mol. The van der Waals surface area contributed by atoms with Crippen LogP contribution in [0, 0.1) is 17.0 Å². The van der Waals surface area contributed by atoms with Crippen molar-refractivity contribution in [2.45, 2.75) is 25.3 Å². The molecule has 2 saturated heterocycles. The topological polar surface area (TPSA) is 125 Å². The van der Waals surface area contributed by atoms with Gasteiger partial charge in [-0.1, -0.05) is 24.3 Å². The highest BCUT2D eigenvalue weighted by Crippen LogP contribution is 2.40. The van der Waals surface area contributed by atoms with Gasteiger partial charge in [0.1, 0.15) is 17.8 Å². The molecule has 0 unspecified atom stereocenters. The van der Waals surface area contributed by atoms with Crippen molar-refractivity contribution in [2.24, 2.45) is 0 Å². The second kappa shape index (κ2) is 11.3. The van der Waals surface area contributed by atoms with Gasteiger partial charge < -0.3 is 24.8 Å². The first-order chi connectivity index (χ1) is 19.7. The van der Waals surface area contributed by atoms with Crippen LogP contribution < -0.4 is 15.0 Å². The number of hydrogen-bond acceptors (Lipinski definition) is 7. The molecule has 212 valence electrons. The number of benzene rings is 3. The molecule has 0 radical (unpaired) electrons. The van der Waals surface area contributed by atoms with Gasteiger partial charge in [0.05, 0.1) is 18.7 Å². The second-order valence-corrected chi connectivity index (χ2v) is 10.3. The van der Waals surface area contributed by atoms with Crippen LogP contribution >= 0.6 is 0 Å². The number of carbonyl (C=O) groups excluding carboxylic acids is 3. The van der Waals surface area contributed by atoms with E-state index in [-0.39, 0.29) is 42.2 Å². The first-order valence-electron chi connectivity index (χ1n) is 13.3. The van der Waals surface area contributed by atoms with E-state index in [4.69, 9.17) is 4.74 Å². The van der Waals surface area contributed by atoms with Gasteiger partial charge >= 0.3 is 0 Å². The Hall–Kier alpha value is -4.93. The molecular weight excluding hydrogens is 526 g/mol. The number of amides is 3. The Kier molecular flexibility index (Phi) is 7.60. The first kappa shape index (κ1) is 27.6. The summed E-state index contributed by atoms with van der Waals surface area (Å²) in [7, 11) is 1.57. The smallest absolute Gasteiger partial charge is 0.273 e. The van der Waals surface area contributed by atoms with Crippen molar-refractivity contribution in [3.05, 3.63) is 94.0 Å². The van der Waals surface area contributed by atoms with Gasteiger partial charge in [0.25, 0.3) is 17.5 Å². The molecule has 0 aliphatic carbocycles. The molecule has 0 aromatic heterocycles. The van der Waals surface area contributed by atoms with Gasteiger partial charge in [-0.05, 0) is 62.2 Å². The Morgan fingerprint density at radius 1 is 1.02 bits per heavy atom. The van der Waals surface area contributed by atoms with Gasteiger partial charge in [-0.3, -0.25) is 24.5 Å². The number of nitro benzene ring substituents is 1. The lowest BCUT2D eigenvalue weighted by molar-refractivity contribution is -0.385. The zero-order valence-electron chi connectivity index (χ0n) is 22.9. The number of nitrogens with one attached hydrogen (secondary N) is 1. The summed E-state index contributed by atoms with van der Waals surface area (Å²) in [5.74, 6) is -0.120. The molecule has 3 aromatic carbocycles. The molecular formula is C30H31N5O6. The lowest BCUT2D eigenvalue weighted by atomic mass is 9.85. The average molecular weight is 558 g/mol. The molecule has 11 heteroatoms. The molecule has 0 bridgehead atoms. The second-order valence-electron chi connectivity index (χ2n) is 10.3. The van der Waals surface area contributed by atoms with Crippen molar-refractivity contribution < 1.29 is 24.0 Å². The van der Waals surface area contributed by atoms with Gasteiger partial charge in [0.2, 0.25) is 5.91 Å². The van der Waals surface area contributed by atoms with E-state index in [9.17, 15) is 24.5 Å². The van der Waals surface area contributed by atoms with Crippen LogP contribution in [0.15, 0.2) is 72.8 Å². The van der Waals surface area contributed by atoms with Crippen molar-refractivity contribution in [2.75, 3.05) is 43.6 Å². The van der Waals surface area contributed by atoms with E-state index in [0.29, 0.717) is 42.9 Å². The fourth-order valence-corrected chi connectivity index (χ4v) is 5.57. The van der Waals surface area contributed by atoms with Gasteiger partial charge in [-0.15, -0.1) is 0 Å². The summed E-state index contributed by atoms with van der Waals surface area (Å²) in [4.78, 5) is 56.2. The summed E-state index contributed by atoms with van der Waals surface area (Å²) in [5, 5.41) is 14.2. The number of hydrogen-bond donors (Lipinski definition) is 1. The summed E-state index contributed by atoms with van der Waals surface area (Å²) in [6.45, 7) is 2.33. The highest BCUT2D eigenvalue weighted by Gasteiger charge is 2.54. The molecule has 2 heterocycles. The minimum Gasteiger partial charge on any atom is -0.497 e. The molecule has 2 aliphatic rings. The molecule has 11 nitrogen and oxygen atoms in total. The predicted octanol–water partition coefficient (Wildman–Crippen LogP) is 3.83. The Morgan fingerprint density at radius 2 is 1.71 bits per heavy atom. The van der Waals surface area contributed by atoms with E-state index in [1.807, 2.05) is 35.2 Å². The number of ether oxygens (including phenoxy) is 1. The average Bonchev–Trinajstić information content (AvgIpc) is 3.24. The number of likely N-dealkylation sites (tertiary alicyclic amines) is 1. The lowest BCUT2D eigenvalue weighted by Crippen LogP contribution is -2.57. The Labute approximate surface area is 237 Å². The number of nitro groups is 1. The molecule has 0 saturated carbocycles. The van der Waals surface area contributed by atoms with E-state index in [1.54, 1.807) is 60.2 Å². The summed E-state index contributed by atoms with van der Waals surface area (Å²) >= 11 is 0. The molecule has 1 N–H and O–H groups in total. The number of rotatable bonds is 7. The van der Waals surface area contributed by atoms with Crippen LogP contribution in [0.25, 0.3) is 0 Å². The Balaban J connectivity index is 1.33. The quantitative estimate of drug-likeness (QED) is 0.346. The number of para-hydroxylation sites is 1. The summed E-state index contributed by atoms with van der Waals surface area (Å²) in [6.07, 6.45) is 0.716. The van der Waals surface area contributed by atoms with Crippen LogP contribution in [0.4, 0.5) is 17.1 Å². The van der Waals surface area contributed by atoms with Crippen LogP contribution in [-0.2, 0) is 9.59 Å². The SMILES string of the molecule is COc1ccc(NC(=O)CN2CN(c3ccccc3)C3(CCN(C(=O)c4ccc(C)c([N+](=O)[O-])c4)CC3)C2=O)cc1. The van der Waals surface area contributed by atoms with Gasteiger partial charge in [0, 0.05) is 41.7 Å². The molecule has 2 aliphatic heterocycles. The highest BCUT2D eigenvalue weighted by atomic mass is 16.6. The zero-order chi connectivity index (χ0) is 29.1. The third kappa shape index (κ3) is 5.43. The van der Waals surface area contributed by atoms with Crippen LogP contribution in [0.5, 0.6) is 5.75 Å². The monoisotopic (exact) mass is 557 g/mol. The van der Waals surface area contributed by atoms with Crippen molar-refractivity contribution >= 4 is 34.8 Å². The van der Waals surface area contributed by atoms with Crippen LogP contribution in [0.3, 0.4) is 0 Å². The summed E-state index contributed by atoms with van der Waals surface area (Å²) in [6, 6.07) is 21.0. The lowest BCUT2D eigenvalue weighted by Gasteiger charge is -2.43. The van der Waals surface area contributed by atoms with E-state index in [1.165, 1.54) is 6.07 Å². The van der Waals surface area contributed by atoms with Crippen molar-refractivity contribution in [3.63, 3.8) is 0 Å². The van der Waals surface area contributed by atoms with Gasteiger partial charge in [-0.2, -0.15) is 0 Å². The number of piperidine rings is 1. The van der Waals surface area contributed by atoms with Crippen LogP contribution in [-0.4, -0.2) is 71.4 Å². The molecule has 0 atom stereocenters. The van der Waals surface area contributed by atoms with E-state index < -0.39 is 10.5 Å². The maximum Gasteiger partial charge on any atom is 0.273 e. The van der Waals surface area contributed by atoms with Crippen LogP contribution in [0.2, 0.25) is 0 Å². The largest absolute Gasteiger partial charge is 0.497 e. The van der Waals surface area contributed by atoms with E-state index in [2.05, 4.69) is 5.32 Å². The number of anilines is 2. The minimum absolute atomic E-state index is 0.103. The molecule has 2 fully saturated rings. The fourth-order valence-electron chi connectivity index (χ4n) is 5.57. The maximum atomic E-state index is 14.0.